The van der Waals surface area contributed by atoms with E-state index in [-0.39, 0.29) is 28.9 Å². The highest BCUT2D eigenvalue weighted by molar-refractivity contribution is 6.29. The van der Waals surface area contributed by atoms with Crippen LogP contribution in [0.1, 0.15) is 28.0 Å². The Hall–Kier alpha value is -2.68. The van der Waals surface area contributed by atoms with Gasteiger partial charge in [-0.2, -0.15) is 8.78 Å². The molecule has 1 aliphatic heterocycles. The van der Waals surface area contributed by atoms with Gasteiger partial charge in [0.05, 0.1) is 11.3 Å². The van der Waals surface area contributed by atoms with Crippen molar-refractivity contribution >= 4 is 23.4 Å². The fraction of sp³-hybridized carbons (Fsp3) is 0.421. The van der Waals surface area contributed by atoms with Crippen molar-refractivity contribution in [3.63, 3.8) is 0 Å². The molecule has 0 bridgehead atoms. The number of ether oxygens (including phenoxy) is 1. The van der Waals surface area contributed by atoms with Crippen LogP contribution in [0.5, 0.6) is 5.75 Å². The van der Waals surface area contributed by atoms with E-state index in [1.54, 1.807) is 17.9 Å². The highest BCUT2D eigenvalue weighted by Crippen LogP contribution is 2.23. The quantitative estimate of drug-likeness (QED) is 0.707. The van der Waals surface area contributed by atoms with E-state index in [1.807, 2.05) is 0 Å². The van der Waals surface area contributed by atoms with Crippen LogP contribution >= 0.6 is 11.6 Å². The maximum atomic E-state index is 12.7. The third-order valence-corrected chi connectivity index (χ3v) is 5.08. The summed E-state index contributed by atoms with van der Waals surface area (Å²) >= 11 is 5.92. The first-order valence-corrected chi connectivity index (χ1v) is 9.46. The SMILES string of the molecule is Cc1noc(Cl)c1CCC(=O)N1CCN(C(=O)c2ccccc2OC(F)F)CC1. The van der Waals surface area contributed by atoms with Gasteiger partial charge in [0, 0.05) is 38.2 Å². The molecule has 2 amide bonds. The molecule has 7 nitrogen and oxygen atoms in total. The molecule has 1 aromatic heterocycles. The topological polar surface area (TPSA) is 75.9 Å². The van der Waals surface area contributed by atoms with E-state index in [0.717, 1.165) is 0 Å². The Morgan fingerprint density at radius 3 is 2.48 bits per heavy atom. The summed E-state index contributed by atoms with van der Waals surface area (Å²) in [4.78, 5) is 28.4. The van der Waals surface area contributed by atoms with E-state index in [1.165, 1.54) is 23.1 Å². The number of rotatable bonds is 6. The highest BCUT2D eigenvalue weighted by atomic mass is 35.5. The molecule has 29 heavy (non-hydrogen) atoms. The Morgan fingerprint density at radius 2 is 1.86 bits per heavy atom. The van der Waals surface area contributed by atoms with Crippen molar-refractivity contribution in [2.24, 2.45) is 0 Å². The van der Waals surface area contributed by atoms with Crippen molar-refractivity contribution in [3.8, 4) is 5.75 Å². The summed E-state index contributed by atoms with van der Waals surface area (Å²) < 4.78 is 34.4. The lowest BCUT2D eigenvalue weighted by atomic mass is 10.1. The molecule has 0 aliphatic carbocycles. The second-order valence-electron chi connectivity index (χ2n) is 6.57. The molecule has 10 heteroatoms. The van der Waals surface area contributed by atoms with E-state index in [0.29, 0.717) is 43.9 Å². The van der Waals surface area contributed by atoms with Crippen LogP contribution in [0.2, 0.25) is 5.22 Å². The number of carbonyl (C=O) groups excluding carboxylic acids is 2. The van der Waals surface area contributed by atoms with Crippen LogP contribution in [-0.4, -0.2) is 59.6 Å². The minimum absolute atomic E-state index is 0.0600. The Bertz CT molecular complexity index is 863. The third-order valence-electron chi connectivity index (χ3n) is 4.78. The van der Waals surface area contributed by atoms with Gasteiger partial charge >= 0.3 is 6.61 Å². The van der Waals surface area contributed by atoms with Gasteiger partial charge in [-0.1, -0.05) is 17.3 Å². The van der Waals surface area contributed by atoms with Crippen LogP contribution in [0.25, 0.3) is 0 Å². The Labute approximate surface area is 171 Å². The molecule has 2 aromatic rings. The average Bonchev–Trinajstić information content (AvgIpc) is 3.03. The molecule has 1 saturated heterocycles. The van der Waals surface area contributed by atoms with Gasteiger partial charge in [0.1, 0.15) is 5.75 Å². The standard InChI is InChI=1S/C19H20ClF2N3O4/c1-12-13(17(20)29-23-12)6-7-16(26)24-8-10-25(11-9-24)18(27)14-4-2-3-5-15(14)28-19(21)22/h2-5,19H,6-11H2,1H3. The summed E-state index contributed by atoms with van der Waals surface area (Å²) in [7, 11) is 0. The Kier molecular flexibility index (Phi) is 6.68. The number of hydrogen-bond donors (Lipinski definition) is 0. The lowest BCUT2D eigenvalue weighted by Gasteiger charge is -2.35. The third kappa shape index (κ3) is 5.03. The van der Waals surface area contributed by atoms with Crippen molar-refractivity contribution in [2.75, 3.05) is 26.2 Å². The molecule has 1 aromatic carbocycles. The number of nitrogens with zero attached hydrogens (tertiary/aromatic N) is 3. The minimum Gasteiger partial charge on any atom is -0.434 e. The summed E-state index contributed by atoms with van der Waals surface area (Å²) in [6.07, 6.45) is 0.672. The Balaban J connectivity index is 1.55. The number of alkyl halides is 2. The van der Waals surface area contributed by atoms with Crippen molar-refractivity contribution in [1.29, 1.82) is 0 Å². The van der Waals surface area contributed by atoms with Crippen LogP contribution in [0.15, 0.2) is 28.8 Å². The summed E-state index contributed by atoms with van der Waals surface area (Å²) in [5.74, 6) is -0.623. The number of aryl methyl sites for hydroxylation is 1. The molecule has 0 unspecified atom stereocenters. The van der Waals surface area contributed by atoms with Gasteiger partial charge in [-0.3, -0.25) is 9.59 Å². The normalized spacial score (nSPS) is 14.4. The first kappa shape index (κ1) is 21.0. The maximum absolute atomic E-state index is 12.7. The van der Waals surface area contributed by atoms with E-state index in [2.05, 4.69) is 9.89 Å². The molecular formula is C19H20ClF2N3O4. The number of benzene rings is 1. The summed E-state index contributed by atoms with van der Waals surface area (Å²) in [5, 5.41) is 3.95. The zero-order valence-electron chi connectivity index (χ0n) is 15.7. The summed E-state index contributed by atoms with van der Waals surface area (Å²) in [6.45, 7) is 0.0783. The number of para-hydroxylation sites is 1. The van der Waals surface area contributed by atoms with Gasteiger partial charge < -0.3 is 19.1 Å². The minimum atomic E-state index is -3.01. The molecule has 0 spiro atoms. The fourth-order valence-electron chi connectivity index (χ4n) is 3.20. The number of carbonyl (C=O) groups is 2. The first-order valence-electron chi connectivity index (χ1n) is 9.08. The lowest BCUT2D eigenvalue weighted by molar-refractivity contribution is -0.132. The Morgan fingerprint density at radius 1 is 1.21 bits per heavy atom. The van der Waals surface area contributed by atoms with Gasteiger partial charge in [-0.25, -0.2) is 0 Å². The summed E-state index contributed by atoms with van der Waals surface area (Å²) in [6, 6.07) is 5.89. The van der Waals surface area contributed by atoms with Crippen molar-refractivity contribution in [1.82, 2.24) is 15.0 Å². The molecule has 0 N–H and O–H groups in total. The van der Waals surface area contributed by atoms with Gasteiger partial charge in [0.15, 0.2) is 0 Å². The second-order valence-corrected chi connectivity index (χ2v) is 6.91. The molecule has 2 heterocycles. The molecule has 156 valence electrons. The van der Waals surface area contributed by atoms with E-state index in [9.17, 15) is 18.4 Å². The molecule has 0 radical (unpaired) electrons. The lowest BCUT2D eigenvalue weighted by Crippen LogP contribution is -2.50. The number of piperazine rings is 1. The van der Waals surface area contributed by atoms with E-state index in [4.69, 9.17) is 16.1 Å². The number of halogens is 3. The van der Waals surface area contributed by atoms with Crippen molar-refractivity contribution in [3.05, 3.63) is 46.3 Å². The predicted octanol–water partition coefficient (Wildman–Crippen LogP) is 3.16. The van der Waals surface area contributed by atoms with Crippen LogP contribution in [0.3, 0.4) is 0 Å². The monoisotopic (exact) mass is 427 g/mol. The maximum Gasteiger partial charge on any atom is 0.387 e. The second kappa shape index (κ2) is 9.21. The zero-order valence-corrected chi connectivity index (χ0v) is 16.5. The molecule has 0 saturated carbocycles. The smallest absolute Gasteiger partial charge is 0.387 e. The molecule has 3 rings (SSSR count). The van der Waals surface area contributed by atoms with Crippen LogP contribution < -0.4 is 4.74 Å². The highest BCUT2D eigenvalue weighted by Gasteiger charge is 2.27. The van der Waals surface area contributed by atoms with Gasteiger partial charge in [-0.05, 0) is 37.1 Å². The van der Waals surface area contributed by atoms with E-state index < -0.39 is 12.5 Å². The van der Waals surface area contributed by atoms with Crippen molar-refractivity contribution < 1.29 is 27.6 Å². The molecule has 0 atom stereocenters. The number of hydrogen-bond acceptors (Lipinski definition) is 5. The number of amides is 2. The summed E-state index contributed by atoms with van der Waals surface area (Å²) in [5.41, 5.74) is 1.44. The predicted molar refractivity (Wildman–Crippen MR) is 100 cm³/mol. The van der Waals surface area contributed by atoms with Gasteiger partial charge in [-0.15, -0.1) is 0 Å². The van der Waals surface area contributed by atoms with Crippen LogP contribution in [0, 0.1) is 6.92 Å². The van der Waals surface area contributed by atoms with Crippen LogP contribution in [-0.2, 0) is 11.2 Å². The van der Waals surface area contributed by atoms with Gasteiger partial charge in [0.2, 0.25) is 11.1 Å². The van der Waals surface area contributed by atoms with Crippen LogP contribution in [0.4, 0.5) is 8.78 Å². The first-order chi connectivity index (χ1) is 13.9. The average molecular weight is 428 g/mol. The largest absolute Gasteiger partial charge is 0.434 e. The van der Waals surface area contributed by atoms with Gasteiger partial charge in [0.25, 0.3) is 5.91 Å². The zero-order chi connectivity index (χ0) is 21.0. The van der Waals surface area contributed by atoms with Crippen molar-refractivity contribution in [2.45, 2.75) is 26.4 Å². The fourth-order valence-corrected chi connectivity index (χ4v) is 3.47. The molecule has 1 aliphatic rings. The molecular weight excluding hydrogens is 408 g/mol. The van der Waals surface area contributed by atoms with E-state index >= 15 is 0 Å². The molecule has 1 fully saturated rings. The number of aromatic nitrogens is 1.